The third-order valence-corrected chi connectivity index (χ3v) is 3.46. The highest BCUT2D eigenvalue weighted by Gasteiger charge is 2.12. The smallest absolute Gasteiger partial charge is 0.313 e. The van der Waals surface area contributed by atoms with E-state index in [0.29, 0.717) is 11.7 Å². The first-order valence-corrected chi connectivity index (χ1v) is 6.50. The lowest BCUT2D eigenvalue weighted by Crippen LogP contribution is -2.07. The van der Waals surface area contributed by atoms with Crippen molar-refractivity contribution < 1.29 is 9.90 Å². The number of thiazole rings is 1. The van der Waals surface area contributed by atoms with Crippen molar-refractivity contribution in [1.82, 2.24) is 19.7 Å². The molecule has 17 heavy (non-hydrogen) atoms. The maximum absolute atomic E-state index is 10.5. The van der Waals surface area contributed by atoms with E-state index in [2.05, 4.69) is 15.2 Å². The number of anilines is 1. The maximum Gasteiger partial charge on any atom is 0.313 e. The van der Waals surface area contributed by atoms with Gasteiger partial charge >= 0.3 is 5.97 Å². The first kappa shape index (κ1) is 11.9. The van der Waals surface area contributed by atoms with Crippen molar-refractivity contribution in [3.8, 4) is 0 Å². The zero-order valence-electron chi connectivity index (χ0n) is 8.61. The van der Waals surface area contributed by atoms with E-state index in [-0.39, 0.29) is 11.7 Å². The van der Waals surface area contributed by atoms with Crippen LogP contribution in [-0.2, 0) is 11.3 Å². The summed E-state index contributed by atoms with van der Waals surface area (Å²) >= 11 is 2.57. The molecule has 0 atom stereocenters. The standard InChI is InChI=1S/C8H9N5O2S2/c9-7-11-12-8(17-3-6(14)15)13(7)1-5-2-16-4-10-5/h2,4H,1,3H2,(H2,9,11)(H,14,15). The number of aromatic nitrogens is 4. The summed E-state index contributed by atoms with van der Waals surface area (Å²) in [7, 11) is 0. The molecule has 0 saturated heterocycles. The number of rotatable bonds is 5. The second-order valence-electron chi connectivity index (χ2n) is 3.09. The molecule has 3 N–H and O–H groups in total. The molecule has 0 aliphatic rings. The molecule has 0 saturated carbocycles. The van der Waals surface area contributed by atoms with E-state index in [9.17, 15) is 4.79 Å². The average molecular weight is 271 g/mol. The van der Waals surface area contributed by atoms with E-state index in [1.165, 1.54) is 11.3 Å². The zero-order chi connectivity index (χ0) is 12.3. The van der Waals surface area contributed by atoms with Crippen LogP contribution in [0.3, 0.4) is 0 Å². The van der Waals surface area contributed by atoms with Gasteiger partial charge in [-0.25, -0.2) is 4.98 Å². The Labute approximate surface area is 105 Å². The van der Waals surface area contributed by atoms with E-state index in [1.54, 1.807) is 10.1 Å². The molecule has 0 radical (unpaired) electrons. The van der Waals surface area contributed by atoms with Crippen LogP contribution in [0, 0.1) is 0 Å². The first-order valence-electron chi connectivity index (χ1n) is 4.57. The van der Waals surface area contributed by atoms with Gasteiger partial charge in [0.05, 0.1) is 23.5 Å². The second-order valence-corrected chi connectivity index (χ2v) is 4.75. The van der Waals surface area contributed by atoms with Crippen LogP contribution >= 0.6 is 23.1 Å². The van der Waals surface area contributed by atoms with Crippen LogP contribution in [0.5, 0.6) is 0 Å². The number of nitrogens with zero attached hydrogens (tertiary/aromatic N) is 4. The summed E-state index contributed by atoms with van der Waals surface area (Å²) in [6.07, 6.45) is 0. The Hall–Kier alpha value is -1.61. The van der Waals surface area contributed by atoms with Crippen LogP contribution in [0.2, 0.25) is 0 Å². The molecule has 90 valence electrons. The summed E-state index contributed by atoms with van der Waals surface area (Å²) in [4.78, 5) is 14.6. The van der Waals surface area contributed by atoms with Crippen LogP contribution in [-0.4, -0.2) is 36.6 Å². The van der Waals surface area contributed by atoms with Crippen molar-refractivity contribution in [2.45, 2.75) is 11.7 Å². The number of carboxylic acids is 1. The average Bonchev–Trinajstić information content (AvgIpc) is 2.89. The predicted molar refractivity (Wildman–Crippen MR) is 64.0 cm³/mol. The topological polar surface area (TPSA) is 107 Å². The van der Waals surface area contributed by atoms with Gasteiger partial charge in [-0.1, -0.05) is 11.8 Å². The Morgan fingerprint density at radius 2 is 2.41 bits per heavy atom. The molecule has 0 aliphatic carbocycles. The lowest BCUT2D eigenvalue weighted by molar-refractivity contribution is -0.133. The van der Waals surface area contributed by atoms with Gasteiger partial charge in [0.15, 0.2) is 5.16 Å². The molecule has 2 aromatic rings. The number of thioether (sulfide) groups is 1. The highest BCUT2D eigenvalue weighted by Crippen LogP contribution is 2.19. The summed E-state index contributed by atoms with van der Waals surface area (Å²) in [5, 5.41) is 18.5. The number of hydrogen-bond donors (Lipinski definition) is 2. The van der Waals surface area contributed by atoms with Crippen molar-refractivity contribution in [3.63, 3.8) is 0 Å². The molecule has 0 unspecified atom stereocenters. The summed E-state index contributed by atoms with van der Waals surface area (Å²) in [5.41, 5.74) is 8.24. The van der Waals surface area contributed by atoms with Gasteiger partial charge < -0.3 is 10.8 Å². The minimum Gasteiger partial charge on any atom is -0.481 e. The van der Waals surface area contributed by atoms with Crippen LogP contribution in [0.15, 0.2) is 16.0 Å². The highest BCUT2D eigenvalue weighted by molar-refractivity contribution is 7.99. The van der Waals surface area contributed by atoms with Crippen molar-refractivity contribution in [2.75, 3.05) is 11.5 Å². The maximum atomic E-state index is 10.5. The summed E-state index contributed by atoms with van der Waals surface area (Å²) in [6, 6.07) is 0. The molecule has 9 heteroatoms. The normalized spacial score (nSPS) is 10.6. The molecule has 0 aromatic carbocycles. The number of nitrogen functional groups attached to an aromatic ring is 1. The minimum atomic E-state index is -0.906. The van der Waals surface area contributed by atoms with Crippen molar-refractivity contribution in [2.24, 2.45) is 0 Å². The Bertz CT molecular complexity index is 510. The molecule has 0 amide bonds. The third kappa shape index (κ3) is 2.94. The van der Waals surface area contributed by atoms with E-state index in [1.807, 2.05) is 5.38 Å². The molecular weight excluding hydrogens is 262 g/mol. The van der Waals surface area contributed by atoms with Crippen molar-refractivity contribution in [3.05, 3.63) is 16.6 Å². The van der Waals surface area contributed by atoms with E-state index < -0.39 is 5.97 Å². The lowest BCUT2D eigenvalue weighted by Gasteiger charge is -2.04. The van der Waals surface area contributed by atoms with Crippen LogP contribution in [0.1, 0.15) is 5.69 Å². The van der Waals surface area contributed by atoms with Gasteiger partial charge in [-0.3, -0.25) is 9.36 Å². The Kier molecular flexibility index (Phi) is 3.59. The fourth-order valence-electron chi connectivity index (χ4n) is 1.16. The Morgan fingerprint density at radius 1 is 1.59 bits per heavy atom. The van der Waals surface area contributed by atoms with E-state index in [0.717, 1.165) is 17.5 Å². The highest BCUT2D eigenvalue weighted by atomic mass is 32.2. The number of nitrogens with two attached hydrogens (primary N) is 1. The van der Waals surface area contributed by atoms with Crippen LogP contribution in [0.4, 0.5) is 5.95 Å². The third-order valence-electron chi connectivity index (χ3n) is 1.87. The monoisotopic (exact) mass is 271 g/mol. The van der Waals surface area contributed by atoms with Gasteiger partial charge in [0, 0.05) is 5.38 Å². The number of hydrogen-bond acceptors (Lipinski definition) is 7. The number of aliphatic carboxylic acids is 1. The van der Waals surface area contributed by atoms with Gasteiger partial charge in [-0.05, 0) is 0 Å². The number of carboxylic acid groups (broad SMARTS) is 1. The Balaban J connectivity index is 2.14. The molecular formula is C8H9N5O2S2. The largest absolute Gasteiger partial charge is 0.481 e. The van der Waals surface area contributed by atoms with E-state index in [4.69, 9.17) is 10.8 Å². The second kappa shape index (κ2) is 5.15. The molecule has 7 nitrogen and oxygen atoms in total. The fourth-order valence-corrected chi connectivity index (χ4v) is 2.37. The van der Waals surface area contributed by atoms with Gasteiger partial charge in [0.2, 0.25) is 5.95 Å². The summed E-state index contributed by atoms with van der Waals surface area (Å²) in [5.74, 6) is -0.725. The summed E-state index contributed by atoms with van der Waals surface area (Å²) in [6.45, 7) is 0.449. The number of carbonyl (C=O) groups is 1. The Morgan fingerprint density at radius 3 is 3.06 bits per heavy atom. The van der Waals surface area contributed by atoms with Gasteiger partial charge in [-0.15, -0.1) is 21.5 Å². The summed E-state index contributed by atoms with van der Waals surface area (Å²) < 4.78 is 1.64. The molecule has 2 rings (SSSR count). The molecule has 0 spiro atoms. The molecule has 0 aliphatic heterocycles. The van der Waals surface area contributed by atoms with Gasteiger partial charge in [0.25, 0.3) is 0 Å². The van der Waals surface area contributed by atoms with Gasteiger partial charge in [0.1, 0.15) is 0 Å². The lowest BCUT2D eigenvalue weighted by atomic mass is 10.5. The first-order chi connectivity index (χ1) is 8.16. The molecule has 0 bridgehead atoms. The van der Waals surface area contributed by atoms with Crippen LogP contribution < -0.4 is 5.73 Å². The van der Waals surface area contributed by atoms with E-state index >= 15 is 0 Å². The fraction of sp³-hybridized carbons (Fsp3) is 0.250. The zero-order valence-corrected chi connectivity index (χ0v) is 10.2. The molecule has 2 aromatic heterocycles. The van der Waals surface area contributed by atoms with Crippen LogP contribution in [0.25, 0.3) is 0 Å². The van der Waals surface area contributed by atoms with Crippen molar-refractivity contribution >= 4 is 35.0 Å². The van der Waals surface area contributed by atoms with Crippen molar-refractivity contribution in [1.29, 1.82) is 0 Å². The molecule has 0 fully saturated rings. The minimum absolute atomic E-state index is 0.0742. The quantitative estimate of drug-likeness (QED) is 0.764. The predicted octanol–water partition coefficient (Wildman–Crippen LogP) is 0.542. The van der Waals surface area contributed by atoms with Gasteiger partial charge in [-0.2, -0.15) is 0 Å². The SMILES string of the molecule is Nc1nnc(SCC(=O)O)n1Cc1cscn1. The molecule has 2 heterocycles.